The number of benzene rings is 10. The van der Waals surface area contributed by atoms with Gasteiger partial charge in [-0.15, -0.1) is 0 Å². The van der Waals surface area contributed by atoms with Crippen molar-refractivity contribution < 1.29 is 0 Å². The average Bonchev–Trinajstić information content (AvgIpc) is 3.52. The summed E-state index contributed by atoms with van der Waals surface area (Å²) >= 11 is 0. The topological polar surface area (TPSA) is 0 Å². The van der Waals surface area contributed by atoms with Crippen LogP contribution in [0.3, 0.4) is 0 Å². The summed E-state index contributed by atoms with van der Waals surface area (Å²) in [5, 5.41) is 19.0. The van der Waals surface area contributed by atoms with Gasteiger partial charge in [-0.2, -0.15) is 0 Å². The molecule has 0 heteroatoms. The molecule has 10 aromatic carbocycles. The largest absolute Gasteiger partial charge is 0.0616 e. The molecule has 0 bridgehead atoms. The summed E-state index contributed by atoms with van der Waals surface area (Å²) in [5.41, 5.74) is 11.1. The Hall–Kier alpha value is -5.72. The van der Waals surface area contributed by atoms with Crippen LogP contribution >= 0.6 is 0 Å². The van der Waals surface area contributed by atoms with Crippen LogP contribution < -0.4 is 0 Å². The van der Waals surface area contributed by atoms with Crippen molar-refractivity contribution >= 4 is 75.4 Å². The second kappa shape index (κ2) is 8.70. The summed E-state index contributed by atoms with van der Waals surface area (Å²) in [6.07, 6.45) is 0. The number of rotatable bonds is 0. The summed E-state index contributed by atoms with van der Waals surface area (Å²) in [5.74, 6) is 0. The quantitative estimate of drug-likeness (QED) is 0.146. The van der Waals surface area contributed by atoms with Crippen molar-refractivity contribution in [1.29, 1.82) is 0 Å². The molecule has 50 heavy (non-hydrogen) atoms. The molecule has 0 aliphatic heterocycles. The standard InChI is InChI=1S/C50H34/c1-49(2)41-25-37-29(21-19-27-11-5-7-13-31(27)37)23-39(41)45-33-15-10-18-36-44(33)43-34(16-9-17-35(43)47(45)49)46-40-24-30-22-20-28-12-6-8-14-32(28)38(30)26-42(40)50(3,4)48(36)46/h5-26H,1-4H3. The lowest BCUT2D eigenvalue weighted by molar-refractivity contribution is 0.666. The van der Waals surface area contributed by atoms with Crippen molar-refractivity contribution in [2.75, 3.05) is 0 Å². The fraction of sp³-hybridized carbons (Fsp3) is 0.120. The Morgan fingerprint density at radius 1 is 0.320 bits per heavy atom. The van der Waals surface area contributed by atoms with Gasteiger partial charge in [-0.1, -0.05) is 137 Å². The van der Waals surface area contributed by atoms with Gasteiger partial charge in [0.25, 0.3) is 0 Å². The molecular weight excluding hydrogens is 601 g/mol. The minimum atomic E-state index is -0.155. The molecule has 0 atom stereocenters. The first-order valence-electron chi connectivity index (χ1n) is 18.0. The van der Waals surface area contributed by atoms with E-state index < -0.39 is 0 Å². The molecule has 0 unspecified atom stereocenters. The summed E-state index contributed by atoms with van der Waals surface area (Å²) < 4.78 is 0. The normalized spacial score (nSPS) is 15.5. The zero-order valence-corrected chi connectivity index (χ0v) is 28.7. The minimum absolute atomic E-state index is 0.155. The van der Waals surface area contributed by atoms with E-state index in [1.54, 1.807) is 0 Å². The van der Waals surface area contributed by atoms with E-state index in [2.05, 4.69) is 161 Å². The predicted octanol–water partition coefficient (Wildman–Crippen LogP) is 13.8. The van der Waals surface area contributed by atoms with Crippen LogP contribution in [0.1, 0.15) is 49.9 Å². The molecule has 10 aromatic rings. The first-order valence-corrected chi connectivity index (χ1v) is 18.0. The van der Waals surface area contributed by atoms with E-state index in [9.17, 15) is 0 Å². The second-order valence-corrected chi connectivity index (χ2v) is 16.0. The van der Waals surface area contributed by atoms with Crippen LogP contribution in [0.25, 0.3) is 97.7 Å². The highest BCUT2D eigenvalue weighted by atomic mass is 14.5. The minimum Gasteiger partial charge on any atom is -0.0616 e. The maximum Gasteiger partial charge on any atom is 0.0165 e. The van der Waals surface area contributed by atoms with Crippen molar-refractivity contribution in [3.05, 3.63) is 156 Å². The molecule has 234 valence electrons. The molecule has 0 N–H and O–H groups in total. The molecule has 0 aromatic heterocycles. The van der Waals surface area contributed by atoms with Gasteiger partial charge in [0, 0.05) is 10.8 Å². The van der Waals surface area contributed by atoms with Crippen LogP contribution in [0, 0.1) is 0 Å². The fourth-order valence-electron chi connectivity index (χ4n) is 10.7. The van der Waals surface area contributed by atoms with Gasteiger partial charge in [-0.05, 0) is 144 Å². The molecular formula is C50H34. The lowest BCUT2D eigenvalue weighted by Crippen LogP contribution is -2.17. The van der Waals surface area contributed by atoms with E-state index in [1.807, 2.05) is 0 Å². The third-order valence-electron chi connectivity index (χ3n) is 12.9. The lowest BCUT2D eigenvalue weighted by Gasteiger charge is -2.28. The molecule has 2 aliphatic rings. The summed E-state index contributed by atoms with van der Waals surface area (Å²) in [4.78, 5) is 0. The van der Waals surface area contributed by atoms with Gasteiger partial charge < -0.3 is 0 Å². The van der Waals surface area contributed by atoms with Crippen molar-refractivity contribution in [2.45, 2.75) is 38.5 Å². The fourth-order valence-corrected chi connectivity index (χ4v) is 10.7. The van der Waals surface area contributed by atoms with Crippen LogP contribution in [0.15, 0.2) is 133 Å². The average molecular weight is 635 g/mol. The van der Waals surface area contributed by atoms with Crippen LogP contribution in [0.5, 0.6) is 0 Å². The van der Waals surface area contributed by atoms with E-state index in [0.29, 0.717) is 0 Å². The van der Waals surface area contributed by atoms with Crippen LogP contribution in [-0.4, -0.2) is 0 Å². The van der Waals surface area contributed by atoms with Gasteiger partial charge in [-0.25, -0.2) is 0 Å². The molecule has 2 aliphatic carbocycles. The lowest BCUT2D eigenvalue weighted by atomic mass is 9.75. The third kappa shape index (κ3) is 3.03. The van der Waals surface area contributed by atoms with Crippen LogP contribution in [0.4, 0.5) is 0 Å². The summed E-state index contributed by atoms with van der Waals surface area (Å²) in [6.45, 7) is 9.82. The second-order valence-electron chi connectivity index (χ2n) is 16.0. The van der Waals surface area contributed by atoms with Gasteiger partial charge in [0.2, 0.25) is 0 Å². The molecule has 0 saturated carbocycles. The first-order chi connectivity index (χ1) is 24.3. The van der Waals surface area contributed by atoms with E-state index in [-0.39, 0.29) is 10.8 Å². The smallest absolute Gasteiger partial charge is 0.0165 e. The molecule has 0 radical (unpaired) electrons. The zero-order valence-electron chi connectivity index (χ0n) is 28.7. The number of hydrogen-bond donors (Lipinski definition) is 0. The SMILES string of the molecule is CC1(C)c2cc3c(ccc4ccccc43)cc2-c2c1c1cccc3c4c(c5cccc2c5c31)C(C)(C)c1cc2c(ccc3ccccc32)cc1-4. The van der Waals surface area contributed by atoms with E-state index in [0.717, 1.165) is 0 Å². The maximum absolute atomic E-state index is 2.52. The molecule has 0 spiro atoms. The molecule has 0 amide bonds. The van der Waals surface area contributed by atoms with Gasteiger partial charge in [0.1, 0.15) is 0 Å². The molecule has 0 fully saturated rings. The summed E-state index contributed by atoms with van der Waals surface area (Å²) in [6, 6.07) is 51.2. The Morgan fingerprint density at radius 3 is 1.16 bits per heavy atom. The highest BCUT2D eigenvalue weighted by molar-refractivity contribution is 6.33. The zero-order chi connectivity index (χ0) is 33.3. The van der Waals surface area contributed by atoms with Gasteiger partial charge in [0.15, 0.2) is 0 Å². The van der Waals surface area contributed by atoms with E-state index in [4.69, 9.17) is 0 Å². The Labute approximate surface area is 290 Å². The molecule has 0 saturated heterocycles. The van der Waals surface area contributed by atoms with Crippen molar-refractivity contribution in [3.63, 3.8) is 0 Å². The van der Waals surface area contributed by atoms with Crippen LogP contribution in [-0.2, 0) is 10.8 Å². The Kier molecular flexibility index (Phi) is 4.72. The molecule has 0 nitrogen and oxygen atoms in total. The highest BCUT2D eigenvalue weighted by Gasteiger charge is 2.43. The van der Waals surface area contributed by atoms with Crippen molar-refractivity contribution in [1.82, 2.24) is 0 Å². The molecule has 12 rings (SSSR count). The van der Waals surface area contributed by atoms with Crippen molar-refractivity contribution in [2.24, 2.45) is 0 Å². The predicted molar refractivity (Wildman–Crippen MR) is 215 cm³/mol. The third-order valence-corrected chi connectivity index (χ3v) is 12.9. The number of hydrogen-bond acceptors (Lipinski definition) is 0. The first kappa shape index (κ1) is 27.1. The number of fused-ring (bicyclic) bond motifs is 16. The van der Waals surface area contributed by atoms with E-state index in [1.165, 1.54) is 120 Å². The maximum atomic E-state index is 2.52. The van der Waals surface area contributed by atoms with Gasteiger partial charge in [-0.3, -0.25) is 0 Å². The molecule has 0 heterocycles. The summed E-state index contributed by atoms with van der Waals surface area (Å²) in [7, 11) is 0. The van der Waals surface area contributed by atoms with Gasteiger partial charge >= 0.3 is 0 Å². The van der Waals surface area contributed by atoms with Crippen molar-refractivity contribution in [3.8, 4) is 22.3 Å². The van der Waals surface area contributed by atoms with Gasteiger partial charge in [0.05, 0.1) is 0 Å². The monoisotopic (exact) mass is 634 g/mol. The van der Waals surface area contributed by atoms with Crippen LogP contribution in [0.2, 0.25) is 0 Å². The Morgan fingerprint density at radius 2 is 0.700 bits per heavy atom. The van der Waals surface area contributed by atoms with E-state index >= 15 is 0 Å². The highest BCUT2D eigenvalue weighted by Crippen LogP contribution is 2.61. The Balaban J connectivity index is 1.24. The Bertz CT molecular complexity index is 2970.